The van der Waals surface area contributed by atoms with Gasteiger partial charge in [0.15, 0.2) is 5.96 Å². The van der Waals surface area contributed by atoms with E-state index in [4.69, 9.17) is 4.74 Å². The number of pyridine rings is 1. The number of amides is 1. The van der Waals surface area contributed by atoms with E-state index >= 15 is 0 Å². The largest absolute Gasteiger partial charge is 0.383 e. The molecule has 0 aliphatic carbocycles. The summed E-state index contributed by atoms with van der Waals surface area (Å²) < 4.78 is 7.05. The summed E-state index contributed by atoms with van der Waals surface area (Å²) in [6.07, 6.45) is 2.06. The van der Waals surface area contributed by atoms with Crippen LogP contribution in [0.1, 0.15) is 11.4 Å². The third kappa shape index (κ3) is 5.68. The molecule has 3 heterocycles. The van der Waals surface area contributed by atoms with E-state index in [1.54, 1.807) is 14.2 Å². The van der Waals surface area contributed by atoms with Crippen molar-refractivity contribution >= 4 is 17.5 Å². The lowest BCUT2D eigenvalue weighted by molar-refractivity contribution is -0.122. The van der Waals surface area contributed by atoms with Crippen molar-refractivity contribution in [2.75, 3.05) is 60.0 Å². The van der Waals surface area contributed by atoms with Crippen LogP contribution in [0.4, 0.5) is 0 Å². The number of carbonyl (C=O) groups is 1. The Morgan fingerprint density at radius 1 is 1.24 bits per heavy atom. The van der Waals surface area contributed by atoms with E-state index in [0.717, 1.165) is 49.2 Å². The molecule has 0 spiro atoms. The number of guanidine groups is 1. The summed E-state index contributed by atoms with van der Waals surface area (Å²) >= 11 is 0. The van der Waals surface area contributed by atoms with E-state index in [1.807, 2.05) is 12.1 Å². The van der Waals surface area contributed by atoms with Gasteiger partial charge < -0.3 is 24.7 Å². The number of aliphatic imine (C=N–C) groups is 1. The number of carbonyl (C=O) groups excluding carboxylic acids is 1. The average molecular weight is 402 g/mol. The molecule has 0 unspecified atom stereocenters. The second kappa shape index (κ2) is 10.2. The first-order chi connectivity index (χ1) is 14.1. The smallest absolute Gasteiger partial charge is 0.234 e. The molecular formula is C20H31N7O2. The van der Waals surface area contributed by atoms with Gasteiger partial charge >= 0.3 is 0 Å². The number of piperazine rings is 1. The molecule has 2 aromatic heterocycles. The highest BCUT2D eigenvalue weighted by molar-refractivity contribution is 5.80. The molecule has 1 amide bonds. The van der Waals surface area contributed by atoms with E-state index in [0.29, 0.717) is 26.2 Å². The number of hydrogen-bond donors (Lipinski definition) is 2. The van der Waals surface area contributed by atoms with Gasteiger partial charge in [-0.25, -0.2) is 4.98 Å². The zero-order chi connectivity index (χ0) is 20.6. The zero-order valence-electron chi connectivity index (χ0n) is 17.5. The maximum atomic E-state index is 11.9. The molecule has 1 aliphatic heterocycles. The van der Waals surface area contributed by atoms with Crippen LogP contribution < -0.4 is 10.6 Å². The molecule has 29 heavy (non-hydrogen) atoms. The van der Waals surface area contributed by atoms with Crippen LogP contribution in [0, 0.1) is 6.92 Å². The Morgan fingerprint density at radius 3 is 2.72 bits per heavy atom. The molecule has 3 rings (SSSR count). The summed E-state index contributed by atoms with van der Waals surface area (Å²) in [7, 11) is 3.42. The maximum Gasteiger partial charge on any atom is 0.234 e. The highest BCUT2D eigenvalue weighted by Gasteiger charge is 2.21. The summed E-state index contributed by atoms with van der Waals surface area (Å²) in [5.74, 6) is 0.906. The molecule has 9 heteroatoms. The molecule has 1 aliphatic rings. The Morgan fingerprint density at radius 2 is 2.03 bits per heavy atom. The zero-order valence-corrected chi connectivity index (χ0v) is 17.5. The third-order valence-electron chi connectivity index (χ3n) is 5.05. The third-order valence-corrected chi connectivity index (χ3v) is 5.05. The number of aromatic nitrogens is 2. The number of methoxy groups -OCH3 is 1. The second-order valence-electron chi connectivity index (χ2n) is 7.13. The van der Waals surface area contributed by atoms with Crippen molar-refractivity contribution in [3.63, 3.8) is 0 Å². The predicted octanol–water partition coefficient (Wildman–Crippen LogP) is 0.0983. The van der Waals surface area contributed by atoms with Crippen molar-refractivity contribution in [2.24, 2.45) is 4.99 Å². The summed E-state index contributed by atoms with van der Waals surface area (Å²) in [6.45, 7) is 7.51. The van der Waals surface area contributed by atoms with Crippen LogP contribution >= 0.6 is 0 Å². The van der Waals surface area contributed by atoms with E-state index in [-0.39, 0.29) is 5.91 Å². The van der Waals surface area contributed by atoms with Gasteiger partial charge in [0.25, 0.3) is 0 Å². The number of nitrogens with zero attached hydrogens (tertiary/aromatic N) is 5. The normalized spacial score (nSPS) is 15.7. The molecule has 0 saturated carbocycles. The molecule has 0 atom stereocenters. The first-order valence-corrected chi connectivity index (χ1v) is 9.98. The van der Waals surface area contributed by atoms with Gasteiger partial charge in [0, 0.05) is 58.8 Å². The Bertz CT molecular complexity index is 840. The Kier molecular flexibility index (Phi) is 7.42. The molecule has 2 N–H and O–H groups in total. The monoisotopic (exact) mass is 401 g/mol. The summed E-state index contributed by atoms with van der Waals surface area (Å²) in [5.41, 5.74) is 3.09. The number of fused-ring (bicyclic) bond motifs is 1. The Balaban J connectivity index is 1.46. The highest BCUT2D eigenvalue weighted by atomic mass is 16.5. The molecule has 0 radical (unpaired) electrons. The standard InChI is InChI=1S/C20H31N7O2/c1-16-5-4-6-18-24-17(14-27(16)18)13-23-20(21-2)26-10-8-25(9-11-26)15-19(28)22-7-12-29-3/h4-6,14H,7-13,15H2,1-3H3,(H,21,23)(H,22,28). The fourth-order valence-electron chi connectivity index (χ4n) is 3.46. The van der Waals surface area contributed by atoms with E-state index < -0.39 is 0 Å². The maximum absolute atomic E-state index is 11.9. The minimum atomic E-state index is 0.0418. The quantitative estimate of drug-likeness (QED) is 0.389. The Labute approximate surface area is 171 Å². The Hall–Kier alpha value is -2.65. The molecule has 0 aromatic carbocycles. The second-order valence-corrected chi connectivity index (χ2v) is 7.13. The predicted molar refractivity (Wildman–Crippen MR) is 113 cm³/mol. The molecule has 2 aromatic rings. The SMILES string of the molecule is CN=C(NCc1cn2c(C)cccc2n1)N1CCN(CC(=O)NCCOC)CC1. The van der Waals surface area contributed by atoms with Gasteiger partial charge in [-0.3, -0.25) is 14.7 Å². The summed E-state index contributed by atoms with van der Waals surface area (Å²) in [6, 6.07) is 6.10. The minimum Gasteiger partial charge on any atom is -0.383 e. The van der Waals surface area contributed by atoms with Crippen molar-refractivity contribution < 1.29 is 9.53 Å². The number of hydrogen-bond acceptors (Lipinski definition) is 5. The molecule has 1 saturated heterocycles. The van der Waals surface area contributed by atoms with E-state index in [2.05, 4.69) is 54.0 Å². The minimum absolute atomic E-state index is 0.0418. The van der Waals surface area contributed by atoms with Gasteiger partial charge in [-0.2, -0.15) is 0 Å². The lowest BCUT2D eigenvalue weighted by Crippen LogP contribution is -2.54. The number of nitrogens with one attached hydrogen (secondary N) is 2. The first-order valence-electron chi connectivity index (χ1n) is 9.98. The first kappa shape index (κ1) is 21.1. The van der Waals surface area contributed by atoms with Gasteiger partial charge in [0.05, 0.1) is 25.4 Å². The van der Waals surface area contributed by atoms with Crippen LogP contribution in [0.25, 0.3) is 5.65 Å². The average Bonchev–Trinajstić information content (AvgIpc) is 3.14. The fraction of sp³-hybridized carbons (Fsp3) is 0.550. The van der Waals surface area contributed by atoms with Crippen molar-refractivity contribution in [3.05, 3.63) is 35.8 Å². The van der Waals surface area contributed by atoms with Crippen LogP contribution in [0.3, 0.4) is 0 Å². The van der Waals surface area contributed by atoms with Crippen molar-refractivity contribution in [2.45, 2.75) is 13.5 Å². The van der Waals surface area contributed by atoms with Crippen LogP contribution in [0.5, 0.6) is 0 Å². The van der Waals surface area contributed by atoms with Crippen LogP contribution in [0.15, 0.2) is 29.4 Å². The molecule has 1 fully saturated rings. The van der Waals surface area contributed by atoms with Gasteiger partial charge in [-0.15, -0.1) is 0 Å². The van der Waals surface area contributed by atoms with Crippen LogP contribution in [-0.4, -0.2) is 91.1 Å². The van der Waals surface area contributed by atoms with Gasteiger partial charge in [-0.05, 0) is 19.1 Å². The van der Waals surface area contributed by atoms with Gasteiger partial charge in [0.2, 0.25) is 5.91 Å². The lowest BCUT2D eigenvalue weighted by atomic mass is 10.3. The van der Waals surface area contributed by atoms with E-state index in [1.165, 1.54) is 0 Å². The molecule has 158 valence electrons. The van der Waals surface area contributed by atoms with Crippen molar-refractivity contribution in [1.82, 2.24) is 29.8 Å². The summed E-state index contributed by atoms with van der Waals surface area (Å²) in [4.78, 5) is 25.4. The molecule has 0 bridgehead atoms. The topological polar surface area (TPSA) is 86.5 Å². The van der Waals surface area contributed by atoms with Gasteiger partial charge in [0.1, 0.15) is 5.65 Å². The van der Waals surface area contributed by atoms with Gasteiger partial charge in [-0.1, -0.05) is 6.07 Å². The fourth-order valence-corrected chi connectivity index (χ4v) is 3.46. The molecule has 9 nitrogen and oxygen atoms in total. The van der Waals surface area contributed by atoms with Crippen molar-refractivity contribution in [3.8, 4) is 0 Å². The van der Waals surface area contributed by atoms with Crippen molar-refractivity contribution in [1.29, 1.82) is 0 Å². The summed E-state index contributed by atoms with van der Waals surface area (Å²) in [5, 5.41) is 6.28. The number of aryl methyl sites for hydroxylation is 1. The van der Waals surface area contributed by atoms with E-state index in [9.17, 15) is 4.79 Å². The highest BCUT2D eigenvalue weighted by Crippen LogP contribution is 2.09. The number of rotatable bonds is 7. The van der Waals surface area contributed by atoms with Crippen LogP contribution in [0.2, 0.25) is 0 Å². The molecular weight excluding hydrogens is 370 g/mol. The number of imidazole rings is 1. The van der Waals surface area contributed by atoms with Crippen LogP contribution in [-0.2, 0) is 16.1 Å². The lowest BCUT2D eigenvalue weighted by Gasteiger charge is -2.36. The number of ether oxygens (including phenoxy) is 1.